The Morgan fingerprint density at radius 2 is 1.85 bits per heavy atom. The molecule has 4 rings (SSSR count). The van der Waals surface area contributed by atoms with Crippen LogP contribution in [-0.4, -0.2) is 21.8 Å². The maximum Gasteiger partial charge on any atom is 0.312 e. The Morgan fingerprint density at radius 3 is 2.67 bits per heavy atom. The average Bonchev–Trinajstić information content (AvgIpc) is 3.45. The van der Waals surface area contributed by atoms with Gasteiger partial charge in [0.15, 0.2) is 0 Å². The quantitative estimate of drug-likeness (QED) is 0.376. The summed E-state index contributed by atoms with van der Waals surface area (Å²) >= 11 is 1.36. The third kappa shape index (κ3) is 6.14. The first-order chi connectivity index (χ1) is 16.0. The van der Waals surface area contributed by atoms with Gasteiger partial charge in [0.25, 0.3) is 0 Å². The Morgan fingerprint density at radius 1 is 1.03 bits per heavy atom. The highest BCUT2D eigenvalue weighted by Crippen LogP contribution is 2.19. The number of carbonyl (C=O) groups excluding carboxylic acids is 2. The molecule has 0 spiro atoms. The fourth-order valence-electron chi connectivity index (χ4n) is 3.15. The molecule has 2 heterocycles. The van der Waals surface area contributed by atoms with Crippen molar-refractivity contribution < 1.29 is 18.7 Å². The number of aryl methyl sites for hydroxylation is 2. The molecule has 1 amide bonds. The molecule has 4 aromatic rings. The molecule has 0 bridgehead atoms. The van der Waals surface area contributed by atoms with Gasteiger partial charge >= 0.3 is 5.97 Å². The molecule has 168 valence electrons. The third-order valence-electron chi connectivity index (χ3n) is 4.86. The Kier molecular flexibility index (Phi) is 6.95. The van der Waals surface area contributed by atoms with E-state index in [0.717, 1.165) is 22.4 Å². The zero-order chi connectivity index (χ0) is 23.2. The van der Waals surface area contributed by atoms with Crippen LogP contribution in [0.25, 0.3) is 11.5 Å². The van der Waals surface area contributed by atoms with E-state index in [9.17, 15) is 9.59 Å². The number of amides is 1. The van der Waals surface area contributed by atoms with Gasteiger partial charge in [-0.05, 0) is 43.2 Å². The van der Waals surface area contributed by atoms with Crippen molar-refractivity contribution in [3.8, 4) is 11.5 Å². The average molecular weight is 462 g/mol. The lowest BCUT2D eigenvalue weighted by Crippen LogP contribution is -2.15. The predicted molar refractivity (Wildman–Crippen MR) is 126 cm³/mol. The van der Waals surface area contributed by atoms with Crippen LogP contribution in [-0.2, 0) is 33.8 Å². The first kappa shape index (κ1) is 22.4. The number of nitrogens with one attached hydrogen (secondary N) is 1. The number of esters is 1. The minimum Gasteiger partial charge on any atom is -0.459 e. The highest BCUT2D eigenvalue weighted by Gasteiger charge is 2.14. The van der Waals surface area contributed by atoms with Crippen molar-refractivity contribution in [2.75, 3.05) is 5.32 Å². The number of rotatable bonds is 8. The molecule has 0 saturated carbocycles. The molecule has 0 radical (unpaired) electrons. The molecule has 0 aliphatic carbocycles. The zero-order valence-electron chi connectivity index (χ0n) is 18.3. The van der Waals surface area contributed by atoms with Crippen molar-refractivity contribution in [1.29, 1.82) is 0 Å². The lowest BCUT2D eigenvalue weighted by atomic mass is 10.1. The largest absolute Gasteiger partial charge is 0.459 e. The van der Waals surface area contributed by atoms with Crippen molar-refractivity contribution in [3.05, 3.63) is 87.7 Å². The summed E-state index contributed by atoms with van der Waals surface area (Å²) in [7, 11) is 0. The highest BCUT2D eigenvalue weighted by molar-refractivity contribution is 7.09. The number of nitrogens with zero attached hydrogens (tertiary/aromatic N) is 2. The first-order valence-electron chi connectivity index (χ1n) is 10.4. The highest BCUT2D eigenvalue weighted by atomic mass is 32.1. The van der Waals surface area contributed by atoms with Gasteiger partial charge < -0.3 is 14.5 Å². The van der Waals surface area contributed by atoms with Gasteiger partial charge in [-0.25, -0.2) is 9.97 Å². The molecular formula is C25H23N3O4S. The normalized spacial score (nSPS) is 10.7. The van der Waals surface area contributed by atoms with Crippen molar-refractivity contribution in [1.82, 2.24) is 9.97 Å². The van der Waals surface area contributed by atoms with Crippen LogP contribution in [0, 0.1) is 13.8 Å². The molecule has 0 fully saturated rings. The number of hydrogen-bond acceptors (Lipinski definition) is 7. The summed E-state index contributed by atoms with van der Waals surface area (Å²) in [5.74, 6) is -0.103. The van der Waals surface area contributed by atoms with Crippen LogP contribution in [0.1, 0.15) is 27.5 Å². The predicted octanol–water partition coefficient (Wildman–Crippen LogP) is 4.88. The Labute approximate surface area is 195 Å². The van der Waals surface area contributed by atoms with Crippen LogP contribution in [0.4, 0.5) is 5.69 Å². The first-order valence-corrected chi connectivity index (χ1v) is 11.3. The molecule has 0 aliphatic heterocycles. The van der Waals surface area contributed by atoms with Crippen molar-refractivity contribution in [2.24, 2.45) is 0 Å². The van der Waals surface area contributed by atoms with E-state index in [2.05, 4.69) is 15.3 Å². The van der Waals surface area contributed by atoms with E-state index in [1.807, 2.05) is 62.4 Å². The summed E-state index contributed by atoms with van der Waals surface area (Å²) in [6.45, 7) is 3.97. The van der Waals surface area contributed by atoms with Gasteiger partial charge in [0.2, 0.25) is 11.8 Å². The number of oxazole rings is 1. The molecule has 7 nitrogen and oxygen atoms in total. The summed E-state index contributed by atoms with van der Waals surface area (Å²) in [6, 6.07) is 15.4. The Hall–Kier alpha value is -3.78. The summed E-state index contributed by atoms with van der Waals surface area (Å²) in [6.07, 6.45) is 1.62. The minimum atomic E-state index is -0.426. The van der Waals surface area contributed by atoms with Crippen LogP contribution in [0.15, 0.2) is 64.6 Å². The topological polar surface area (TPSA) is 94.3 Å². The van der Waals surface area contributed by atoms with E-state index in [4.69, 9.17) is 9.15 Å². The smallest absolute Gasteiger partial charge is 0.312 e. The van der Waals surface area contributed by atoms with Gasteiger partial charge in [-0.3, -0.25) is 9.59 Å². The summed E-state index contributed by atoms with van der Waals surface area (Å²) in [5.41, 5.74) is 4.83. The standard InChI is InChI=1S/C25H23N3O4S/c1-16-8-9-17(2)21(10-16)28-22(29)12-23-26-20(15-33-23)14-31-24(30)11-19-13-32-25(27-19)18-6-4-3-5-7-18/h3-10,13,15H,11-12,14H2,1-2H3,(H,28,29). The van der Waals surface area contributed by atoms with Crippen LogP contribution in [0.5, 0.6) is 0 Å². The second kappa shape index (κ2) is 10.2. The lowest BCUT2D eigenvalue weighted by Gasteiger charge is -2.08. The fraction of sp³-hybridized carbons (Fsp3) is 0.200. The number of ether oxygens (including phenoxy) is 1. The second-order valence-electron chi connectivity index (χ2n) is 7.62. The van der Waals surface area contributed by atoms with E-state index in [-0.39, 0.29) is 25.4 Å². The fourth-order valence-corrected chi connectivity index (χ4v) is 3.93. The molecule has 0 aliphatic rings. The van der Waals surface area contributed by atoms with Gasteiger partial charge in [-0.15, -0.1) is 11.3 Å². The number of thiazole rings is 1. The second-order valence-corrected chi connectivity index (χ2v) is 8.57. The van der Waals surface area contributed by atoms with Crippen molar-refractivity contribution in [2.45, 2.75) is 33.3 Å². The molecule has 2 aromatic heterocycles. The van der Waals surface area contributed by atoms with Gasteiger partial charge in [-0.1, -0.05) is 30.3 Å². The number of anilines is 1. The number of aromatic nitrogens is 2. The lowest BCUT2D eigenvalue weighted by molar-refractivity contribution is -0.144. The molecule has 1 N–H and O–H groups in total. The number of benzene rings is 2. The van der Waals surface area contributed by atoms with Gasteiger partial charge in [0, 0.05) is 16.6 Å². The van der Waals surface area contributed by atoms with Crippen molar-refractivity contribution >= 4 is 28.9 Å². The molecular weight excluding hydrogens is 438 g/mol. The monoisotopic (exact) mass is 461 g/mol. The van der Waals surface area contributed by atoms with E-state index in [1.54, 1.807) is 5.38 Å². The maximum absolute atomic E-state index is 12.4. The van der Waals surface area contributed by atoms with Crippen molar-refractivity contribution in [3.63, 3.8) is 0 Å². The summed E-state index contributed by atoms with van der Waals surface area (Å²) in [5, 5.41) is 5.38. The van der Waals surface area contributed by atoms with Crippen LogP contribution in [0.3, 0.4) is 0 Å². The third-order valence-corrected chi connectivity index (χ3v) is 5.75. The van der Waals surface area contributed by atoms with E-state index in [0.29, 0.717) is 22.3 Å². The van der Waals surface area contributed by atoms with E-state index < -0.39 is 5.97 Å². The Balaban J connectivity index is 1.26. The van der Waals surface area contributed by atoms with Crippen LogP contribution < -0.4 is 5.32 Å². The molecule has 33 heavy (non-hydrogen) atoms. The van der Waals surface area contributed by atoms with Gasteiger partial charge in [0.1, 0.15) is 17.9 Å². The summed E-state index contributed by atoms with van der Waals surface area (Å²) in [4.78, 5) is 33.3. The van der Waals surface area contributed by atoms with Gasteiger partial charge in [-0.2, -0.15) is 0 Å². The van der Waals surface area contributed by atoms with Crippen LogP contribution in [0.2, 0.25) is 0 Å². The molecule has 2 aromatic carbocycles. The number of carbonyl (C=O) groups is 2. The maximum atomic E-state index is 12.4. The molecule has 0 atom stereocenters. The van der Waals surface area contributed by atoms with Crippen LogP contribution >= 0.6 is 11.3 Å². The molecule has 0 saturated heterocycles. The Bertz CT molecular complexity index is 1260. The molecule has 0 unspecified atom stereocenters. The zero-order valence-corrected chi connectivity index (χ0v) is 19.1. The van der Waals surface area contributed by atoms with E-state index >= 15 is 0 Å². The SMILES string of the molecule is Cc1ccc(C)c(NC(=O)Cc2nc(COC(=O)Cc3coc(-c4ccccc4)n3)cs2)c1. The molecule has 8 heteroatoms. The number of hydrogen-bond donors (Lipinski definition) is 1. The minimum absolute atomic E-state index is 0.00553. The summed E-state index contributed by atoms with van der Waals surface area (Å²) < 4.78 is 10.8. The van der Waals surface area contributed by atoms with Gasteiger partial charge in [0.05, 0.1) is 24.2 Å². The van der Waals surface area contributed by atoms with E-state index in [1.165, 1.54) is 17.6 Å².